The summed E-state index contributed by atoms with van der Waals surface area (Å²) in [5.41, 5.74) is 2.04. The van der Waals surface area contributed by atoms with E-state index in [2.05, 4.69) is 10.4 Å². The molecular formula is C18H20F2N4O2. The summed E-state index contributed by atoms with van der Waals surface area (Å²) in [7, 11) is 0. The standard InChI is InChI=1S/C18H20F2N4O2/c1-11-7-12(2)24(22-11)6-5-21-17(25)14-9-23(10-14)18(26)13-3-4-15(19)16(20)8-13/h3-4,7-8,14H,5-6,9-10H2,1-2H3,(H,21,25). The summed E-state index contributed by atoms with van der Waals surface area (Å²) in [6.45, 7) is 5.43. The van der Waals surface area contributed by atoms with Gasteiger partial charge in [-0.15, -0.1) is 0 Å². The molecule has 2 heterocycles. The zero-order valence-corrected chi connectivity index (χ0v) is 14.6. The van der Waals surface area contributed by atoms with E-state index in [-0.39, 0.29) is 30.5 Å². The Morgan fingerprint density at radius 1 is 1.19 bits per heavy atom. The fourth-order valence-corrected chi connectivity index (χ4v) is 2.95. The maximum absolute atomic E-state index is 13.2. The molecule has 1 N–H and O–H groups in total. The van der Waals surface area contributed by atoms with Crippen molar-refractivity contribution in [3.05, 3.63) is 52.9 Å². The van der Waals surface area contributed by atoms with Crippen LogP contribution in [-0.4, -0.2) is 46.1 Å². The van der Waals surface area contributed by atoms with Gasteiger partial charge in [-0.25, -0.2) is 8.78 Å². The predicted octanol–water partition coefficient (Wildman–Crippen LogP) is 1.67. The SMILES string of the molecule is Cc1cc(C)n(CCNC(=O)C2CN(C(=O)c3ccc(F)c(F)c3)C2)n1. The van der Waals surface area contributed by atoms with Crippen molar-refractivity contribution >= 4 is 11.8 Å². The van der Waals surface area contributed by atoms with Gasteiger partial charge in [-0.2, -0.15) is 5.10 Å². The number of amides is 2. The molecule has 1 aromatic carbocycles. The van der Waals surface area contributed by atoms with E-state index >= 15 is 0 Å². The molecule has 8 heteroatoms. The number of nitrogens with zero attached hydrogens (tertiary/aromatic N) is 3. The number of aromatic nitrogens is 2. The molecule has 1 saturated heterocycles. The summed E-state index contributed by atoms with van der Waals surface area (Å²) >= 11 is 0. The lowest BCUT2D eigenvalue weighted by Crippen LogP contribution is -2.56. The summed E-state index contributed by atoms with van der Waals surface area (Å²) in [6.07, 6.45) is 0. The Hall–Kier alpha value is -2.77. The number of hydrogen-bond donors (Lipinski definition) is 1. The van der Waals surface area contributed by atoms with Crippen molar-refractivity contribution in [1.82, 2.24) is 20.0 Å². The Bertz CT molecular complexity index is 844. The van der Waals surface area contributed by atoms with E-state index in [0.29, 0.717) is 13.1 Å². The summed E-state index contributed by atoms with van der Waals surface area (Å²) in [5.74, 6) is -2.87. The molecule has 1 fully saturated rings. The first-order valence-electron chi connectivity index (χ1n) is 8.38. The lowest BCUT2D eigenvalue weighted by Gasteiger charge is -2.38. The maximum Gasteiger partial charge on any atom is 0.254 e. The highest BCUT2D eigenvalue weighted by molar-refractivity contribution is 5.96. The van der Waals surface area contributed by atoms with Crippen molar-refractivity contribution in [2.75, 3.05) is 19.6 Å². The molecule has 2 aromatic rings. The third-order valence-electron chi connectivity index (χ3n) is 4.43. The Morgan fingerprint density at radius 2 is 1.92 bits per heavy atom. The smallest absolute Gasteiger partial charge is 0.254 e. The lowest BCUT2D eigenvalue weighted by atomic mass is 9.98. The maximum atomic E-state index is 13.2. The van der Waals surface area contributed by atoms with Crippen LogP contribution in [0.4, 0.5) is 8.78 Å². The molecule has 0 saturated carbocycles. The third-order valence-corrected chi connectivity index (χ3v) is 4.43. The topological polar surface area (TPSA) is 67.2 Å². The van der Waals surface area contributed by atoms with Crippen molar-refractivity contribution in [3.63, 3.8) is 0 Å². The molecule has 2 amide bonds. The molecule has 1 aromatic heterocycles. The molecule has 0 atom stereocenters. The minimum atomic E-state index is -1.06. The van der Waals surface area contributed by atoms with Crippen molar-refractivity contribution in [1.29, 1.82) is 0 Å². The number of hydrogen-bond acceptors (Lipinski definition) is 3. The number of halogens is 2. The summed E-state index contributed by atoms with van der Waals surface area (Å²) < 4.78 is 28.0. The van der Waals surface area contributed by atoms with Gasteiger partial charge in [0.25, 0.3) is 5.91 Å². The van der Waals surface area contributed by atoms with Crippen molar-refractivity contribution in [2.24, 2.45) is 5.92 Å². The second-order valence-corrected chi connectivity index (χ2v) is 6.48. The van der Waals surface area contributed by atoms with Gasteiger partial charge >= 0.3 is 0 Å². The normalized spacial score (nSPS) is 14.2. The highest BCUT2D eigenvalue weighted by Gasteiger charge is 2.36. The van der Waals surface area contributed by atoms with Crippen LogP contribution in [0, 0.1) is 31.4 Å². The summed E-state index contributed by atoms with van der Waals surface area (Å²) in [4.78, 5) is 25.8. The fraction of sp³-hybridized carbons (Fsp3) is 0.389. The number of carbonyl (C=O) groups is 2. The predicted molar refractivity (Wildman–Crippen MR) is 90.5 cm³/mol. The van der Waals surface area contributed by atoms with E-state index < -0.39 is 17.5 Å². The Labute approximate surface area is 149 Å². The first kappa shape index (κ1) is 18.0. The molecule has 0 aliphatic carbocycles. The van der Waals surface area contributed by atoms with Crippen molar-refractivity contribution < 1.29 is 18.4 Å². The van der Waals surface area contributed by atoms with Gasteiger partial charge in [0.2, 0.25) is 5.91 Å². The molecule has 0 unspecified atom stereocenters. The van der Waals surface area contributed by atoms with Crippen molar-refractivity contribution in [2.45, 2.75) is 20.4 Å². The summed E-state index contributed by atoms with van der Waals surface area (Å²) in [6, 6.07) is 5.00. The van der Waals surface area contributed by atoms with Crippen LogP contribution in [0.2, 0.25) is 0 Å². The van der Waals surface area contributed by atoms with E-state index in [1.807, 2.05) is 24.6 Å². The quantitative estimate of drug-likeness (QED) is 0.880. The van der Waals surface area contributed by atoms with Gasteiger partial charge in [-0.3, -0.25) is 14.3 Å². The van der Waals surface area contributed by atoms with E-state index in [1.165, 1.54) is 11.0 Å². The van der Waals surface area contributed by atoms with Gasteiger partial charge in [0.15, 0.2) is 11.6 Å². The minimum Gasteiger partial charge on any atom is -0.354 e. The molecule has 3 rings (SSSR count). The number of rotatable bonds is 5. The van der Waals surface area contributed by atoms with E-state index in [0.717, 1.165) is 23.5 Å². The van der Waals surface area contributed by atoms with Gasteiger partial charge in [0, 0.05) is 30.9 Å². The number of carbonyl (C=O) groups excluding carboxylic acids is 2. The van der Waals surface area contributed by atoms with Crippen LogP contribution in [0.25, 0.3) is 0 Å². The fourth-order valence-electron chi connectivity index (χ4n) is 2.95. The Kier molecular flexibility index (Phi) is 5.01. The van der Waals surface area contributed by atoms with Crippen LogP contribution in [0.3, 0.4) is 0 Å². The number of nitrogens with one attached hydrogen (secondary N) is 1. The Morgan fingerprint density at radius 3 is 2.54 bits per heavy atom. The van der Waals surface area contributed by atoms with Crippen molar-refractivity contribution in [3.8, 4) is 0 Å². The zero-order valence-electron chi connectivity index (χ0n) is 14.6. The number of benzene rings is 1. The molecule has 0 radical (unpaired) electrons. The zero-order chi connectivity index (χ0) is 18.8. The molecule has 1 aliphatic heterocycles. The number of aryl methyl sites for hydroxylation is 2. The molecule has 6 nitrogen and oxygen atoms in total. The Balaban J connectivity index is 1.45. The van der Waals surface area contributed by atoms with Gasteiger partial charge in [-0.05, 0) is 38.1 Å². The minimum absolute atomic E-state index is 0.0762. The molecule has 138 valence electrons. The van der Waals surface area contributed by atoms with Gasteiger partial charge in [-0.1, -0.05) is 0 Å². The molecule has 26 heavy (non-hydrogen) atoms. The van der Waals surface area contributed by atoms with Gasteiger partial charge in [0.1, 0.15) is 0 Å². The van der Waals surface area contributed by atoms with Crippen LogP contribution < -0.4 is 5.32 Å². The van der Waals surface area contributed by atoms with Crippen LogP contribution in [0.5, 0.6) is 0 Å². The van der Waals surface area contributed by atoms with E-state index in [1.54, 1.807) is 0 Å². The molecule has 1 aliphatic rings. The first-order valence-corrected chi connectivity index (χ1v) is 8.38. The lowest BCUT2D eigenvalue weighted by molar-refractivity contribution is -0.129. The van der Waals surface area contributed by atoms with Crippen LogP contribution in [0.1, 0.15) is 21.7 Å². The molecular weight excluding hydrogens is 342 g/mol. The number of likely N-dealkylation sites (tertiary alicyclic amines) is 1. The monoisotopic (exact) mass is 362 g/mol. The van der Waals surface area contributed by atoms with E-state index in [4.69, 9.17) is 0 Å². The highest BCUT2D eigenvalue weighted by atomic mass is 19.2. The molecule has 0 bridgehead atoms. The summed E-state index contributed by atoms with van der Waals surface area (Å²) in [5, 5.41) is 7.16. The average molecular weight is 362 g/mol. The molecule has 0 spiro atoms. The average Bonchev–Trinajstić information content (AvgIpc) is 2.86. The largest absolute Gasteiger partial charge is 0.354 e. The third kappa shape index (κ3) is 3.74. The first-order chi connectivity index (χ1) is 12.3. The van der Waals surface area contributed by atoms with Crippen LogP contribution in [-0.2, 0) is 11.3 Å². The second-order valence-electron chi connectivity index (χ2n) is 6.48. The highest BCUT2D eigenvalue weighted by Crippen LogP contribution is 2.20. The second kappa shape index (κ2) is 7.23. The van der Waals surface area contributed by atoms with Crippen LogP contribution in [0.15, 0.2) is 24.3 Å². The van der Waals surface area contributed by atoms with Crippen LogP contribution >= 0.6 is 0 Å². The van der Waals surface area contributed by atoms with E-state index in [9.17, 15) is 18.4 Å². The van der Waals surface area contributed by atoms with Gasteiger partial charge in [0.05, 0.1) is 18.2 Å². The van der Waals surface area contributed by atoms with Gasteiger partial charge < -0.3 is 10.2 Å².